The van der Waals surface area contributed by atoms with Crippen LogP contribution in [0.1, 0.15) is 45.4 Å². The second-order valence-electron chi connectivity index (χ2n) is 3.28. The first kappa shape index (κ1) is 12.4. The lowest BCUT2D eigenvalue weighted by atomic mass is 10.1. The van der Waals surface area contributed by atoms with Gasteiger partial charge in [-0.2, -0.15) is 0 Å². The van der Waals surface area contributed by atoms with Gasteiger partial charge in [-0.15, -0.1) is 6.58 Å². The van der Waals surface area contributed by atoms with Gasteiger partial charge in [-0.25, -0.2) is 0 Å². The van der Waals surface area contributed by atoms with Crippen LogP contribution in [-0.4, -0.2) is 17.0 Å². The quantitative estimate of drug-likeness (QED) is 0.465. The molecule has 0 aromatic carbocycles. The fraction of sp³-hybridized carbons (Fsp3) is 0.727. The molecule has 0 heterocycles. The average molecular weight is 184 g/mol. The van der Waals surface area contributed by atoms with Crippen LogP contribution in [0, 0.1) is 0 Å². The molecule has 2 nitrogen and oxygen atoms in total. The van der Waals surface area contributed by atoms with Crippen LogP contribution in [-0.2, 0) is 4.79 Å². The molecule has 1 atom stereocenters. The average Bonchev–Trinajstić information content (AvgIpc) is 2.16. The van der Waals surface area contributed by atoms with Gasteiger partial charge in [-0.3, -0.25) is 4.79 Å². The highest BCUT2D eigenvalue weighted by molar-refractivity contribution is 5.82. The topological polar surface area (TPSA) is 37.3 Å². The number of Topliss-reactive ketones (excluding diaryl/α,β-unsaturated/α-hetero) is 1. The van der Waals surface area contributed by atoms with Gasteiger partial charge in [-0.1, -0.05) is 19.4 Å². The lowest BCUT2D eigenvalue weighted by Crippen LogP contribution is -2.18. The van der Waals surface area contributed by atoms with Crippen LogP contribution in [0.3, 0.4) is 0 Å². The number of hydrogen-bond acceptors (Lipinski definition) is 2. The van der Waals surface area contributed by atoms with Gasteiger partial charge in [0.15, 0.2) is 5.78 Å². The minimum atomic E-state index is -0.737. The highest BCUT2D eigenvalue weighted by Gasteiger charge is 2.10. The summed E-state index contributed by atoms with van der Waals surface area (Å²) in [5.74, 6) is -0.0129. The van der Waals surface area contributed by atoms with Crippen LogP contribution in [0.4, 0.5) is 0 Å². The van der Waals surface area contributed by atoms with Gasteiger partial charge in [0.1, 0.15) is 6.10 Å². The summed E-state index contributed by atoms with van der Waals surface area (Å²) in [6.07, 6.45) is 6.27. The summed E-state index contributed by atoms with van der Waals surface area (Å²) in [5.41, 5.74) is 0. The summed E-state index contributed by atoms with van der Waals surface area (Å²) >= 11 is 0. The van der Waals surface area contributed by atoms with Crippen molar-refractivity contribution < 1.29 is 9.90 Å². The van der Waals surface area contributed by atoms with E-state index in [1.165, 1.54) is 0 Å². The minimum Gasteiger partial charge on any atom is -0.385 e. The molecule has 0 rings (SSSR count). The van der Waals surface area contributed by atoms with Gasteiger partial charge in [-0.05, 0) is 25.7 Å². The third kappa shape index (κ3) is 6.52. The molecule has 76 valence electrons. The Morgan fingerprint density at radius 3 is 2.69 bits per heavy atom. The van der Waals surface area contributed by atoms with E-state index >= 15 is 0 Å². The van der Waals surface area contributed by atoms with E-state index in [1.807, 2.05) is 13.0 Å². The fourth-order valence-corrected chi connectivity index (χ4v) is 1.16. The zero-order chi connectivity index (χ0) is 10.1. The molecule has 0 aromatic heterocycles. The van der Waals surface area contributed by atoms with Gasteiger partial charge in [0.05, 0.1) is 0 Å². The second-order valence-corrected chi connectivity index (χ2v) is 3.28. The summed E-state index contributed by atoms with van der Waals surface area (Å²) < 4.78 is 0. The molecular formula is C11H20O2. The maximum atomic E-state index is 11.1. The van der Waals surface area contributed by atoms with E-state index in [-0.39, 0.29) is 5.78 Å². The van der Waals surface area contributed by atoms with Gasteiger partial charge in [0.2, 0.25) is 0 Å². The summed E-state index contributed by atoms with van der Waals surface area (Å²) in [7, 11) is 0. The molecule has 1 N–H and O–H groups in total. The van der Waals surface area contributed by atoms with E-state index in [1.54, 1.807) is 0 Å². The Morgan fingerprint density at radius 2 is 2.15 bits per heavy atom. The van der Waals surface area contributed by atoms with E-state index in [0.717, 1.165) is 25.7 Å². The third-order valence-electron chi connectivity index (χ3n) is 2.09. The third-order valence-corrected chi connectivity index (χ3v) is 2.09. The Kier molecular flexibility index (Phi) is 7.60. The monoisotopic (exact) mass is 184 g/mol. The Hall–Kier alpha value is -0.630. The predicted octanol–water partition coefficient (Wildman–Crippen LogP) is 2.46. The lowest BCUT2D eigenvalue weighted by Gasteiger charge is -2.05. The molecule has 0 saturated carbocycles. The second kappa shape index (κ2) is 7.99. The highest BCUT2D eigenvalue weighted by Crippen LogP contribution is 2.06. The summed E-state index contributed by atoms with van der Waals surface area (Å²) in [6, 6.07) is 0. The number of carbonyl (C=O) groups is 1. The van der Waals surface area contributed by atoms with E-state index in [9.17, 15) is 4.79 Å². The van der Waals surface area contributed by atoms with Gasteiger partial charge < -0.3 is 5.11 Å². The molecule has 0 radical (unpaired) electrons. The maximum Gasteiger partial charge on any atom is 0.161 e. The number of aliphatic hydroxyl groups is 1. The molecule has 0 aromatic rings. The number of aliphatic hydroxyl groups excluding tert-OH is 1. The SMILES string of the molecule is C=CCCCCCC(=O)C(O)CC. The lowest BCUT2D eigenvalue weighted by molar-refractivity contribution is -0.127. The molecule has 13 heavy (non-hydrogen) atoms. The number of ketones is 1. The standard InChI is InChI=1S/C11H20O2/c1-3-5-6-7-8-9-11(13)10(12)4-2/h3,10,12H,1,4-9H2,2H3. The Labute approximate surface area is 80.7 Å². The molecule has 0 aliphatic heterocycles. The zero-order valence-electron chi connectivity index (χ0n) is 8.46. The van der Waals surface area contributed by atoms with Crippen molar-refractivity contribution >= 4 is 5.78 Å². The minimum absolute atomic E-state index is 0.0129. The van der Waals surface area contributed by atoms with Crippen molar-refractivity contribution in [3.05, 3.63) is 12.7 Å². The van der Waals surface area contributed by atoms with E-state index < -0.39 is 6.10 Å². The van der Waals surface area contributed by atoms with Crippen LogP contribution in [0.2, 0.25) is 0 Å². The van der Waals surface area contributed by atoms with Crippen molar-refractivity contribution in [2.24, 2.45) is 0 Å². The molecule has 0 bridgehead atoms. The molecule has 0 fully saturated rings. The van der Waals surface area contributed by atoms with Crippen molar-refractivity contribution in [3.8, 4) is 0 Å². The van der Waals surface area contributed by atoms with Gasteiger partial charge in [0, 0.05) is 6.42 Å². The largest absolute Gasteiger partial charge is 0.385 e. The van der Waals surface area contributed by atoms with Gasteiger partial charge >= 0.3 is 0 Å². The molecule has 0 spiro atoms. The van der Waals surface area contributed by atoms with Crippen molar-refractivity contribution in [1.82, 2.24) is 0 Å². The molecule has 2 heteroatoms. The smallest absolute Gasteiger partial charge is 0.161 e. The number of carbonyl (C=O) groups excluding carboxylic acids is 1. The number of hydrogen-bond donors (Lipinski definition) is 1. The molecular weight excluding hydrogens is 164 g/mol. The summed E-state index contributed by atoms with van der Waals surface area (Å²) in [5, 5.41) is 9.16. The number of unbranched alkanes of at least 4 members (excludes halogenated alkanes) is 3. The van der Waals surface area contributed by atoms with E-state index in [2.05, 4.69) is 6.58 Å². The first-order chi connectivity index (χ1) is 6.22. The summed E-state index contributed by atoms with van der Waals surface area (Å²) in [6.45, 7) is 5.45. The molecule has 1 unspecified atom stereocenters. The Morgan fingerprint density at radius 1 is 1.46 bits per heavy atom. The Bertz CT molecular complexity index is 152. The Balaban J connectivity index is 3.31. The molecule has 0 aliphatic rings. The number of rotatable bonds is 8. The van der Waals surface area contributed by atoms with Crippen LogP contribution in [0.5, 0.6) is 0 Å². The van der Waals surface area contributed by atoms with Crippen LogP contribution >= 0.6 is 0 Å². The molecule has 0 saturated heterocycles. The van der Waals surface area contributed by atoms with Crippen LogP contribution in [0.25, 0.3) is 0 Å². The fourth-order valence-electron chi connectivity index (χ4n) is 1.16. The van der Waals surface area contributed by atoms with Crippen molar-refractivity contribution in [2.75, 3.05) is 0 Å². The number of allylic oxidation sites excluding steroid dienone is 1. The maximum absolute atomic E-state index is 11.1. The zero-order valence-corrected chi connectivity index (χ0v) is 8.46. The predicted molar refractivity (Wildman–Crippen MR) is 54.6 cm³/mol. The van der Waals surface area contributed by atoms with E-state index in [0.29, 0.717) is 12.8 Å². The van der Waals surface area contributed by atoms with Crippen molar-refractivity contribution in [2.45, 2.75) is 51.6 Å². The van der Waals surface area contributed by atoms with Gasteiger partial charge in [0.25, 0.3) is 0 Å². The van der Waals surface area contributed by atoms with Crippen molar-refractivity contribution in [1.29, 1.82) is 0 Å². The summed E-state index contributed by atoms with van der Waals surface area (Å²) in [4.78, 5) is 11.1. The molecule has 0 aliphatic carbocycles. The van der Waals surface area contributed by atoms with E-state index in [4.69, 9.17) is 5.11 Å². The first-order valence-corrected chi connectivity index (χ1v) is 5.04. The normalized spacial score (nSPS) is 12.5. The van der Waals surface area contributed by atoms with Crippen molar-refractivity contribution in [3.63, 3.8) is 0 Å². The molecule has 0 amide bonds. The highest BCUT2D eigenvalue weighted by atomic mass is 16.3. The van der Waals surface area contributed by atoms with Crippen LogP contribution in [0.15, 0.2) is 12.7 Å². The first-order valence-electron chi connectivity index (χ1n) is 5.04. The van der Waals surface area contributed by atoms with Crippen LogP contribution < -0.4 is 0 Å².